The molecule has 5 nitrogen and oxygen atoms in total. The van der Waals surface area contributed by atoms with Gasteiger partial charge in [0, 0.05) is 0 Å². The molecule has 2 rings (SSSR count). The van der Waals surface area contributed by atoms with E-state index in [9.17, 15) is 4.79 Å². The van der Waals surface area contributed by atoms with Crippen LogP contribution in [0.2, 0.25) is 0 Å². The van der Waals surface area contributed by atoms with Crippen molar-refractivity contribution in [3.8, 4) is 5.75 Å². The zero-order valence-electron chi connectivity index (χ0n) is 9.64. The largest absolute Gasteiger partial charge is 0.484 e. The molecule has 0 aliphatic rings. The molecule has 7 heteroatoms. The monoisotopic (exact) mass is 385 g/mol. The van der Waals surface area contributed by atoms with Gasteiger partial charge in [0.1, 0.15) is 15.0 Å². The zero-order chi connectivity index (χ0) is 13.7. The van der Waals surface area contributed by atoms with Gasteiger partial charge in [-0.15, -0.1) is 0 Å². The maximum atomic E-state index is 11.7. The summed E-state index contributed by atoms with van der Waals surface area (Å²) in [5.74, 6) is 0.685. The fourth-order valence-corrected chi connectivity index (χ4v) is 2.17. The molecule has 0 saturated carbocycles. The number of carbonyl (C=O) groups excluding carboxylic acids is 1. The SMILES string of the molecule is O=C(COc1ccccc1)Nc1ncc(Br)nc1Br. The number of carbonyl (C=O) groups is 1. The van der Waals surface area contributed by atoms with Crippen molar-refractivity contribution in [1.29, 1.82) is 0 Å². The van der Waals surface area contributed by atoms with Crippen LogP contribution >= 0.6 is 31.9 Å². The lowest BCUT2D eigenvalue weighted by Crippen LogP contribution is -2.21. The van der Waals surface area contributed by atoms with Crippen LogP contribution in [-0.2, 0) is 4.79 Å². The lowest BCUT2D eigenvalue weighted by atomic mass is 10.3. The molecule has 0 saturated heterocycles. The highest BCUT2D eigenvalue weighted by molar-refractivity contribution is 9.11. The van der Waals surface area contributed by atoms with Crippen molar-refractivity contribution in [1.82, 2.24) is 9.97 Å². The number of hydrogen-bond acceptors (Lipinski definition) is 4. The summed E-state index contributed by atoms with van der Waals surface area (Å²) in [5.41, 5.74) is 0. The highest BCUT2D eigenvalue weighted by Gasteiger charge is 2.09. The zero-order valence-corrected chi connectivity index (χ0v) is 12.8. The first-order chi connectivity index (χ1) is 9.15. The highest BCUT2D eigenvalue weighted by Crippen LogP contribution is 2.19. The van der Waals surface area contributed by atoms with Crippen molar-refractivity contribution in [2.45, 2.75) is 0 Å². The number of anilines is 1. The first kappa shape index (κ1) is 14.0. The van der Waals surface area contributed by atoms with E-state index in [0.717, 1.165) is 0 Å². The standard InChI is InChI=1S/C12H9Br2N3O2/c13-9-6-15-12(11(14)16-9)17-10(18)7-19-8-4-2-1-3-5-8/h1-6H,7H2,(H,15,17,18). The third kappa shape index (κ3) is 4.29. The summed E-state index contributed by atoms with van der Waals surface area (Å²) in [7, 11) is 0. The number of para-hydroxylation sites is 1. The van der Waals surface area contributed by atoms with E-state index in [4.69, 9.17) is 4.74 Å². The summed E-state index contributed by atoms with van der Waals surface area (Å²) in [6, 6.07) is 9.11. The smallest absolute Gasteiger partial charge is 0.263 e. The van der Waals surface area contributed by atoms with E-state index in [1.54, 1.807) is 12.1 Å². The van der Waals surface area contributed by atoms with Crippen LogP contribution in [0.1, 0.15) is 0 Å². The predicted molar refractivity (Wildman–Crippen MR) is 78.0 cm³/mol. The van der Waals surface area contributed by atoms with Crippen LogP contribution in [0.15, 0.2) is 45.7 Å². The number of amides is 1. The van der Waals surface area contributed by atoms with Crippen molar-refractivity contribution < 1.29 is 9.53 Å². The number of nitrogens with one attached hydrogen (secondary N) is 1. The van der Waals surface area contributed by atoms with E-state index in [0.29, 0.717) is 20.8 Å². The van der Waals surface area contributed by atoms with Crippen LogP contribution in [0.3, 0.4) is 0 Å². The van der Waals surface area contributed by atoms with Crippen LogP contribution in [0.5, 0.6) is 5.75 Å². The third-order valence-corrected chi connectivity index (χ3v) is 3.01. The lowest BCUT2D eigenvalue weighted by molar-refractivity contribution is -0.118. The molecule has 1 N–H and O–H groups in total. The first-order valence-electron chi connectivity index (χ1n) is 5.31. The average Bonchev–Trinajstić information content (AvgIpc) is 2.41. The Morgan fingerprint density at radius 3 is 2.68 bits per heavy atom. The summed E-state index contributed by atoms with van der Waals surface area (Å²) < 4.78 is 6.35. The van der Waals surface area contributed by atoms with Gasteiger partial charge in [0.2, 0.25) is 0 Å². The Labute approximate surface area is 126 Å². The topological polar surface area (TPSA) is 64.1 Å². The Bertz CT molecular complexity index is 578. The molecular weight excluding hydrogens is 378 g/mol. The molecule has 2 aromatic rings. The Morgan fingerprint density at radius 1 is 1.26 bits per heavy atom. The van der Waals surface area contributed by atoms with Gasteiger partial charge in [0.25, 0.3) is 5.91 Å². The number of halogens is 2. The maximum Gasteiger partial charge on any atom is 0.263 e. The summed E-state index contributed by atoms with van der Waals surface area (Å²) in [4.78, 5) is 19.8. The van der Waals surface area contributed by atoms with E-state index in [-0.39, 0.29) is 12.5 Å². The number of ether oxygens (including phenoxy) is 1. The molecule has 19 heavy (non-hydrogen) atoms. The lowest BCUT2D eigenvalue weighted by Gasteiger charge is -2.07. The van der Waals surface area contributed by atoms with Crippen LogP contribution in [-0.4, -0.2) is 22.5 Å². The van der Waals surface area contributed by atoms with Gasteiger partial charge in [0.05, 0.1) is 6.20 Å². The fourth-order valence-electron chi connectivity index (χ4n) is 1.26. The van der Waals surface area contributed by atoms with Gasteiger partial charge in [-0.2, -0.15) is 0 Å². The van der Waals surface area contributed by atoms with Crippen molar-refractivity contribution in [3.63, 3.8) is 0 Å². The van der Waals surface area contributed by atoms with Crippen molar-refractivity contribution in [3.05, 3.63) is 45.7 Å². The third-order valence-electron chi connectivity index (χ3n) is 2.07. The molecule has 0 aliphatic heterocycles. The van der Waals surface area contributed by atoms with Gasteiger partial charge in [-0.05, 0) is 44.0 Å². The number of benzene rings is 1. The summed E-state index contributed by atoms with van der Waals surface area (Å²) >= 11 is 6.40. The van der Waals surface area contributed by atoms with E-state index < -0.39 is 0 Å². The minimum Gasteiger partial charge on any atom is -0.484 e. The quantitative estimate of drug-likeness (QED) is 0.877. The molecule has 0 fully saturated rings. The Morgan fingerprint density at radius 2 is 2.00 bits per heavy atom. The summed E-state index contributed by atoms with van der Waals surface area (Å²) in [6.07, 6.45) is 1.50. The minimum atomic E-state index is -0.304. The average molecular weight is 387 g/mol. The van der Waals surface area contributed by atoms with Crippen molar-refractivity contribution in [2.75, 3.05) is 11.9 Å². The highest BCUT2D eigenvalue weighted by atomic mass is 79.9. The maximum absolute atomic E-state index is 11.7. The van der Waals surface area contributed by atoms with Gasteiger partial charge in [-0.1, -0.05) is 18.2 Å². The molecule has 1 amide bonds. The fraction of sp³-hybridized carbons (Fsp3) is 0.0833. The van der Waals surface area contributed by atoms with E-state index in [1.165, 1.54) is 6.20 Å². The van der Waals surface area contributed by atoms with Crippen LogP contribution in [0.25, 0.3) is 0 Å². The van der Waals surface area contributed by atoms with Gasteiger partial charge >= 0.3 is 0 Å². The van der Waals surface area contributed by atoms with Crippen LogP contribution < -0.4 is 10.1 Å². The van der Waals surface area contributed by atoms with E-state index >= 15 is 0 Å². The molecular formula is C12H9Br2N3O2. The van der Waals surface area contributed by atoms with E-state index in [1.807, 2.05) is 18.2 Å². The van der Waals surface area contributed by atoms with Crippen LogP contribution in [0, 0.1) is 0 Å². The molecule has 1 aromatic heterocycles. The molecule has 0 bridgehead atoms. The van der Waals surface area contributed by atoms with Crippen molar-refractivity contribution in [2.24, 2.45) is 0 Å². The molecule has 0 atom stereocenters. The molecule has 0 radical (unpaired) electrons. The molecule has 0 spiro atoms. The van der Waals surface area contributed by atoms with E-state index in [2.05, 4.69) is 47.1 Å². The van der Waals surface area contributed by atoms with Crippen molar-refractivity contribution >= 4 is 43.6 Å². The Balaban J connectivity index is 1.91. The van der Waals surface area contributed by atoms with Gasteiger partial charge < -0.3 is 10.1 Å². The second kappa shape index (κ2) is 6.63. The van der Waals surface area contributed by atoms with Crippen LogP contribution in [0.4, 0.5) is 5.82 Å². The van der Waals surface area contributed by atoms with Gasteiger partial charge in [-0.25, -0.2) is 9.97 Å². The van der Waals surface area contributed by atoms with Gasteiger partial charge in [0.15, 0.2) is 12.4 Å². The number of aromatic nitrogens is 2. The first-order valence-corrected chi connectivity index (χ1v) is 6.89. The number of rotatable bonds is 4. The number of nitrogens with zero attached hydrogens (tertiary/aromatic N) is 2. The number of hydrogen-bond donors (Lipinski definition) is 1. The predicted octanol–water partition coefficient (Wildman–Crippen LogP) is 3.02. The minimum absolute atomic E-state index is 0.0891. The normalized spacial score (nSPS) is 10.0. The summed E-state index contributed by atoms with van der Waals surface area (Å²) in [5, 5.41) is 2.60. The molecule has 0 unspecified atom stereocenters. The molecule has 98 valence electrons. The second-order valence-electron chi connectivity index (χ2n) is 3.48. The van der Waals surface area contributed by atoms with Gasteiger partial charge in [-0.3, -0.25) is 4.79 Å². The molecule has 1 aromatic carbocycles. The summed E-state index contributed by atoms with van der Waals surface area (Å²) in [6.45, 7) is -0.0891. The second-order valence-corrected chi connectivity index (χ2v) is 5.05. The molecule has 0 aliphatic carbocycles. The Hall–Kier alpha value is -1.47. The molecule has 1 heterocycles. The Kier molecular flexibility index (Phi) is 4.86.